The van der Waals surface area contributed by atoms with Crippen molar-refractivity contribution < 1.29 is 9.53 Å². The fourth-order valence-corrected chi connectivity index (χ4v) is 5.63. The SMILES string of the molecule is CCOC(=O)Cn1c(=O)c(=O)[nH]c2ccc3ccc(-n4ccc(CN5CCN(Cc6ccccc6)CC5)c4)cc3c21. The largest absolute Gasteiger partial charge is 0.465 e. The van der Waals surface area contributed by atoms with Gasteiger partial charge in [-0.15, -0.1) is 0 Å². The van der Waals surface area contributed by atoms with Gasteiger partial charge in [-0.3, -0.25) is 28.8 Å². The van der Waals surface area contributed by atoms with Crippen LogP contribution in [-0.2, 0) is 29.2 Å². The van der Waals surface area contributed by atoms with Crippen molar-refractivity contribution in [1.29, 1.82) is 0 Å². The van der Waals surface area contributed by atoms with E-state index in [0.717, 1.165) is 55.7 Å². The molecule has 0 bridgehead atoms. The number of carbonyl (C=O) groups excluding carboxylic acids is 1. The van der Waals surface area contributed by atoms with Crippen LogP contribution < -0.4 is 11.1 Å². The third-order valence-electron chi connectivity index (χ3n) is 7.70. The number of aromatic nitrogens is 3. The Hall–Kier alpha value is -4.47. The highest BCUT2D eigenvalue weighted by Gasteiger charge is 2.18. The maximum atomic E-state index is 12.8. The smallest absolute Gasteiger partial charge is 0.326 e. The summed E-state index contributed by atoms with van der Waals surface area (Å²) in [6.45, 7) is 7.57. The molecule has 9 heteroatoms. The van der Waals surface area contributed by atoms with Crippen LogP contribution in [0.4, 0.5) is 0 Å². The molecule has 5 aromatic rings. The number of benzene rings is 3. The predicted molar refractivity (Wildman–Crippen MR) is 159 cm³/mol. The van der Waals surface area contributed by atoms with Crippen LogP contribution in [0.15, 0.2) is 88.7 Å². The van der Waals surface area contributed by atoms with Gasteiger partial charge in [0.1, 0.15) is 6.54 Å². The summed E-state index contributed by atoms with van der Waals surface area (Å²) in [5.41, 5.74) is 2.94. The number of rotatable bonds is 8. The molecule has 1 N–H and O–H groups in total. The first kappa shape index (κ1) is 26.7. The zero-order valence-electron chi connectivity index (χ0n) is 23.1. The molecule has 3 aromatic carbocycles. The van der Waals surface area contributed by atoms with Crippen molar-refractivity contribution in [3.63, 3.8) is 0 Å². The molecule has 0 aliphatic carbocycles. The minimum atomic E-state index is -0.782. The molecule has 0 amide bonds. The molecule has 0 atom stereocenters. The van der Waals surface area contributed by atoms with Crippen LogP contribution in [0.3, 0.4) is 0 Å². The standard InChI is InChI=1S/C32H33N5O4/c1-2-41-29(38)22-37-30-27-18-26(10-8-25(27)9-11-28(30)33-31(39)32(37)40)36-13-12-24(21-36)20-35-16-14-34(15-17-35)19-23-6-4-3-5-7-23/h3-13,18,21H,2,14-17,19-20,22H2,1H3,(H,33,39). The second kappa shape index (κ2) is 11.6. The van der Waals surface area contributed by atoms with Gasteiger partial charge in [0.25, 0.3) is 0 Å². The van der Waals surface area contributed by atoms with E-state index in [2.05, 4.69) is 61.9 Å². The van der Waals surface area contributed by atoms with Crippen molar-refractivity contribution in [1.82, 2.24) is 23.9 Å². The Morgan fingerprint density at radius 2 is 1.59 bits per heavy atom. The van der Waals surface area contributed by atoms with Gasteiger partial charge in [0.15, 0.2) is 0 Å². The van der Waals surface area contributed by atoms with Crippen molar-refractivity contribution in [2.24, 2.45) is 0 Å². The predicted octanol–water partition coefficient (Wildman–Crippen LogP) is 3.51. The van der Waals surface area contributed by atoms with Gasteiger partial charge in [-0.05, 0) is 47.7 Å². The highest BCUT2D eigenvalue weighted by molar-refractivity contribution is 6.05. The number of hydrogen-bond acceptors (Lipinski definition) is 6. The van der Waals surface area contributed by atoms with E-state index in [1.165, 1.54) is 15.7 Å². The fourth-order valence-electron chi connectivity index (χ4n) is 5.63. The summed E-state index contributed by atoms with van der Waals surface area (Å²) in [5, 5.41) is 1.66. The monoisotopic (exact) mass is 551 g/mol. The quantitative estimate of drug-likeness (QED) is 0.180. The van der Waals surface area contributed by atoms with E-state index in [9.17, 15) is 14.4 Å². The van der Waals surface area contributed by atoms with Crippen LogP contribution in [-0.4, -0.2) is 62.7 Å². The van der Waals surface area contributed by atoms with Crippen LogP contribution in [0.2, 0.25) is 0 Å². The number of hydrogen-bond donors (Lipinski definition) is 1. The maximum Gasteiger partial charge on any atom is 0.326 e. The Bertz CT molecular complexity index is 1810. The van der Waals surface area contributed by atoms with Crippen LogP contribution in [0.25, 0.3) is 27.5 Å². The Balaban J connectivity index is 1.23. The molecular weight excluding hydrogens is 518 g/mol. The Morgan fingerprint density at radius 1 is 0.878 bits per heavy atom. The minimum absolute atomic E-state index is 0.193. The molecule has 0 unspecified atom stereocenters. The fraction of sp³-hybridized carbons (Fsp3) is 0.281. The van der Waals surface area contributed by atoms with E-state index < -0.39 is 17.1 Å². The topological polar surface area (TPSA) is 92.6 Å². The number of fused-ring (bicyclic) bond motifs is 3. The molecule has 0 saturated carbocycles. The Kier molecular flexibility index (Phi) is 7.54. The lowest BCUT2D eigenvalue weighted by Crippen LogP contribution is -2.45. The van der Waals surface area contributed by atoms with Crippen LogP contribution in [0.5, 0.6) is 0 Å². The summed E-state index contributed by atoms with van der Waals surface area (Å²) in [7, 11) is 0. The molecular formula is C32H33N5O4. The number of ether oxygens (including phenoxy) is 1. The van der Waals surface area contributed by atoms with E-state index >= 15 is 0 Å². The molecule has 2 aromatic heterocycles. The van der Waals surface area contributed by atoms with Crippen LogP contribution >= 0.6 is 0 Å². The molecule has 9 nitrogen and oxygen atoms in total. The lowest BCUT2D eigenvalue weighted by Gasteiger charge is -2.34. The number of carbonyl (C=O) groups is 1. The number of nitrogens with one attached hydrogen (secondary N) is 1. The van der Waals surface area contributed by atoms with E-state index in [0.29, 0.717) is 11.0 Å². The van der Waals surface area contributed by atoms with Gasteiger partial charge >= 0.3 is 17.1 Å². The zero-order valence-corrected chi connectivity index (χ0v) is 23.1. The third-order valence-corrected chi connectivity index (χ3v) is 7.70. The minimum Gasteiger partial charge on any atom is -0.465 e. The average Bonchev–Trinajstić information content (AvgIpc) is 3.45. The molecule has 6 rings (SSSR count). The Morgan fingerprint density at radius 3 is 2.32 bits per heavy atom. The third kappa shape index (κ3) is 5.73. The number of nitrogens with zero attached hydrogens (tertiary/aromatic N) is 4. The normalized spacial score (nSPS) is 14.6. The summed E-state index contributed by atoms with van der Waals surface area (Å²) in [5.74, 6) is -0.564. The summed E-state index contributed by atoms with van der Waals surface area (Å²) in [6, 6.07) is 22.4. The van der Waals surface area contributed by atoms with Crippen LogP contribution in [0, 0.1) is 0 Å². The van der Waals surface area contributed by atoms with E-state index in [4.69, 9.17) is 4.74 Å². The van der Waals surface area contributed by atoms with Crippen molar-refractivity contribution >= 4 is 27.8 Å². The molecule has 210 valence electrons. The van der Waals surface area contributed by atoms with E-state index in [1.54, 1.807) is 13.0 Å². The van der Waals surface area contributed by atoms with Gasteiger partial charge < -0.3 is 14.3 Å². The molecule has 0 spiro atoms. The number of aromatic amines is 1. The summed E-state index contributed by atoms with van der Waals surface area (Å²) in [4.78, 5) is 45.1. The number of H-pyrrole nitrogens is 1. The van der Waals surface area contributed by atoms with E-state index in [1.807, 2.05) is 30.5 Å². The first-order valence-electron chi connectivity index (χ1n) is 14.0. The van der Waals surface area contributed by atoms with Gasteiger partial charge in [-0.2, -0.15) is 0 Å². The lowest BCUT2D eigenvalue weighted by atomic mass is 10.1. The van der Waals surface area contributed by atoms with Gasteiger partial charge in [0.05, 0.1) is 17.6 Å². The Labute approximate surface area is 237 Å². The molecule has 1 fully saturated rings. The zero-order chi connectivity index (χ0) is 28.3. The molecule has 41 heavy (non-hydrogen) atoms. The number of piperazine rings is 1. The maximum absolute atomic E-state index is 12.8. The molecule has 1 aliphatic heterocycles. The molecule has 3 heterocycles. The molecule has 0 radical (unpaired) electrons. The first-order chi connectivity index (χ1) is 20.0. The first-order valence-corrected chi connectivity index (χ1v) is 14.0. The van der Waals surface area contributed by atoms with Crippen molar-refractivity contribution in [2.75, 3.05) is 32.8 Å². The second-order valence-corrected chi connectivity index (χ2v) is 10.5. The van der Waals surface area contributed by atoms with Gasteiger partial charge in [-0.25, -0.2) is 0 Å². The highest BCUT2D eigenvalue weighted by atomic mass is 16.5. The molecule has 1 saturated heterocycles. The van der Waals surface area contributed by atoms with Crippen molar-refractivity contribution in [3.05, 3.63) is 111 Å². The average molecular weight is 552 g/mol. The van der Waals surface area contributed by atoms with Crippen molar-refractivity contribution in [3.8, 4) is 5.69 Å². The van der Waals surface area contributed by atoms with Gasteiger partial charge in [0, 0.05) is 62.7 Å². The molecule has 1 aliphatic rings. The second-order valence-electron chi connectivity index (χ2n) is 10.5. The van der Waals surface area contributed by atoms with E-state index in [-0.39, 0.29) is 13.2 Å². The summed E-state index contributed by atoms with van der Waals surface area (Å²) >= 11 is 0. The lowest BCUT2D eigenvalue weighted by molar-refractivity contribution is -0.143. The summed E-state index contributed by atoms with van der Waals surface area (Å²) < 4.78 is 8.36. The van der Waals surface area contributed by atoms with Crippen LogP contribution in [0.1, 0.15) is 18.1 Å². The van der Waals surface area contributed by atoms with Gasteiger partial charge in [0.2, 0.25) is 0 Å². The number of esters is 1. The highest BCUT2D eigenvalue weighted by Crippen LogP contribution is 2.26. The van der Waals surface area contributed by atoms with Crippen molar-refractivity contribution in [2.45, 2.75) is 26.6 Å². The summed E-state index contributed by atoms with van der Waals surface area (Å²) in [6.07, 6.45) is 4.18. The van der Waals surface area contributed by atoms with Gasteiger partial charge in [-0.1, -0.05) is 42.5 Å².